The molecule has 8 heteroatoms. The van der Waals surface area contributed by atoms with Gasteiger partial charge in [-0.2, -0.15) is 4.98 Å². The molecule has 1 saturated heterocycles. The van der Waals surface area contributed by atoms with Crippen LogP contribution >= 0.6 is 0 Å². The number of hydrogen-bond donors (Lipinski definition) is 1. The van der Waals surface area contributed by atoms with Gasteiger partial charge in [0.15, 0.2) is 5.82 Å². The maximum absolute atomic E-state index is 11.1. The minimum atomic E-state index is -0.412. The van der Waals surface area contributed by atoms with Crippen LogP contribution in [0.2, 0.25) is 0 Å². The number of rotatable bonds is 4. The van der Waals surface area contributed by atoms with Gasteiger partial charge in [-0.3, -0.25) is 0 Å². The highest BCUT2D eigenvalue weighted by Gasteiger charge is 2.27. The number of H-pyrrole nitrogens is 1. The van der Waals surface area contributed by atoms with E-state index < -0.39 is 4.92 Å². The predicted molar refractivity (Wildman–Crippen MR) is 87.4 cm³/mol. The maximum Gasteiger partial charge on any atom is 0.365 e. The number of methoxy groups -OCH3 is 1. The first-order valence-corrected chi connectivity index (χ1v) is 7.43. The summed E-state index contributed by atoms with van der Waals surface area (Å²) in [5.41, 5.74) is 1.12. The van der Waals surface area contributed by atoms with Gasteiger partial charge in [-0.15, -0.1) is 0 Å². The molecule has 122 valence electrons. The molecule has 0 radical (unpaired) electrons. The highest BCUT2D eigenvalue weighted by molar-refractivity contribution is 5.57. The lowest BCUT2D eigenvalue weighted by atomic mass is 10.2. The average molecular weight is 317 g/mol. The molecule has 1 aromatic heterocycles. The van der Waals surface area contributed by atoms with E-state index in [0.29, 0.717) is 24.7 Å². The molecule has 3 rings (SSSR count). The molecule has 8 nitrogen and oxygen atoms in total. The number of aromatic amines is 1. The third-order valence-electron chi connectivity index (χ3n) is 3.98. The maximum atomic E-state index is 11.1. The van der Waals surface area contributed by atoms with E-state index in [-0.39, 0.29) is 5.82 Å². The fourth-order valence-corrected chi connectivity index (χ4v) is 2.78. The Bertz CT molecular complexity index is 690. The monoisotopic (exact) mass is 317 g/mol. The Morgan fingerprint density at radius 2 is 1.78 bits per heavy atom. The third kappa shape index (κ3) is 3.05. The summed E-state index contributed by atoms with van der Waals surface area (Å²) in [4.78, 5) is 21.9. The Labute approximate surface area is 133 Å². The summed E-state index contributed by atoms with van der Waals surface area (Å²) in [5.74, 6) is 1.79. The van der Waals surface area contributed by atoms with Crippen LogP contribution in [0.25, 0.3) is 0 Å². The van der Waals surface area contributed by atoms with Gasteiger partial charge < -0.3 is 24.7 Å². The van der Waals surface area contributed by atoms with E-state index in [0.717, 1.165) is 24.5 Å². The van der Waals surface area contributed by atoms with Crippen molar-refractivity contribution < 1.29 is 9.66 Å². The SMILES string of the molecule is COc1ccc(N2CCN(c3nc(C)[nH]c3[N+](=O)[O-])CC2)cc1. The summed E-state index contributed by atoms with van der Waals surface area (Å²) < 4.78 is 5.17. The molecule has 0 atom stereocenters. The van der Waals surface area contributed by atoms with Crippen LogP contribution in [0.15, 0.2) is 24.3 Å². The van der Waals surface area contributed by atoms with Crippen LogP contribution in [0, 0.1) is 17.0 Å². The number of nitro groups is 1. The second-order valence-corrected chi connectivity index (χ2v) is 5.42. The summed E-state index contributed by atoms with van der Waals surface area (Å²) in [5, 5.41) is 11.1. The second-order valence-electron chi connectivity index (χ2n) is 5.42. The smallest absolute Gasteiger partial charge is 0.365 e. The topological polar surface area (TPSA) is 87.5 Å². The number of aromatic nitrogens is 2. The van der Waals surface area contributed by atoms with Crippen LogP contribution in [-0.4, -0.2) is 48.2 Å². The van der Waals surface area contributed by atoms with E-state index in [9.17, 15) is 10.1 Å². The first kappa shape index (κ1) is 15.1. The van der Waals surface area contributed by atoms with Gasteiger partial charge in [0.2, 0.25) is 5.82 Å². The van der Waals surface area contributed by atoms with Crippen molar-refractivity contribution in [2.75, 3.05) is 43.1 Å². The highest BCUT2D eigenvalue weighted by Crippen LogP contribution is 2.27. The zero-order valence-corrected chi connectivity index (χ0v) is 13.2. The number of benzene rings is 1. The minimum Gasteiger partial charge on any atom is -0.497 e. The number of nitrogens with one attached hydrogen (secondary N) is 1. The Morgan fingerprint density at radius 3 is 2.35 bits per heavy atom. The summed E-state index contributed by atoms with van der Waals surface area (Å²) in [6, 6.07) is 7.92. The lowest BCUT2D eigenvalue weighted by Gasteiger charge is -2.35. The van der Waals surface area contributed by atoms with Crippen molar-refractivity contribution in [2.24, 2.45) is 0 Å². The van der Waals surface area contributed by atoms with Crippen molar-refractivity contribution in [1.29, 1.82) is 0 Å². The van der Waals surface area contributed by atoms with Crippen LogP contribution in [0.5, 0.6) is 5.75 Å². The van der Waals surface area contributed by atoms with Crippen LogP contribution in [0.3, 0.4) is 0 Å². The number of ether oxygens (including phenoxy) is 1. The van der Waals surface area contributed by atoms with Crippen molar-refractivity contribution in [3.63, 3.8) is 0 Å². The van der Waals surface area contributed by atoms with Crippen LogP contribution in [-0.2, 0) is 0 Å². The van der Waals surface area contributed by atoms with Gasteiger partial charge in [-0.05, 0) is 29.2 Å². The largest absolute Gasteiger partial charge is 0.497 e. The van der Waals surface area contributed by atoms with Gasteiger partial charge in [0.1, 0.15) is 5.75 Å². The minimum absolute atomic E-state index is 0.0274. The molecule has 23 heavy (non-hydrogen) atoms. The number of piperazine rings is 1. The Morgan fingerprint density at radius 1 is 1.17 bits per heavy atom. The zero-order chi connectivity index (χ0) is 16.4. The Balaban J connectivity index is 1.69. The fourth-order valence-electron chi connectivity index (χ4n) is 2.78. The number of imidazole rings is 1. The lowest BCUT2D eigenvalue weighted by molar-refractivity contribution is -0.388. The molecule has 1 aromatic carbocycles. The molecule has 2 heterocycles. The third-order valence-corrected chi connectivity index (χ3v) is 3.98. The quantitative estimate of drug-likeness (QED) is 0.685. The van der Waals surface area contributed by atoms with Crippen molar-refractivity contribution in [1.82, 2.24) is 9.97 Å². The molecule has 0 aliphatic carbocycles. The number of anilines is 2. The number of aryl methyl sites for hydroxylation is 1. The van der Waals surface area contributed by atoms with Gasteiger partial charge in [0.05, 0.1) is 7.11 Å². The first-order valence-electron chi connectivity index (χ1n) is 7.43. The first-order chi connectivity index (χ1) is 11.1. The lowest BCUT2D eigenvalue weighted by Crippen LogP contribution is -2.46. The average Bonchev–Trinajstić information content (AvgIpc) is 2.97. The van der Waals surface area contributed by atoms with Gasteiger partial charge in [-0.1, -0.05) is 0 Å². The van der Waals surface area contributed by atoms with Crippen molar-refractivity contribution in [2.45, 2.75) is 6.92 Å². The second kappa shape index (κ2) is 6.15. The normalized spacial score (nSPS) is 14.9. The number of nitrogens with zero attached hydrogens (tertiary/aromatic N) is 4. The van der Waals surface area contributed by atoms with E-state index in [4.69, 9.17) is 4.74 Å². The van der Waals surface area contributed by atoms with E-state index in [1.54, 1.807) is 14.0 Å². The van der Waals surface area contributed by atoms with Gasteiger partial charge in [0, 0.05) is 38.8 Å². The van der Waals surface area contributed by atoms with Crippen molar-refractivity contribution >= 4 is 17.3 Å². The molecule has 0 saturated carbocycles. The molecule has 1 fully saturated rings. The molecule has 2 aromatic rings. The van der Waals surface area contributed by atoms with E-state index in [2.05, 4.69) is 14.9 Å². The highest BCUT2D eigenvalue weighted by atomic mass is 16.6. The van der Waals surface area contributed by atoms with E-state index in [1.807, 2.05) is 29.2 Å². The summed E-state index contributed by atoms with van der Waals surface area (Å²) in [6.45, 7) is 4.68. The molecule has 1 aliphatic heterocycles. The molecule has 0 bridgehead atoms. The predicted octanol–water partition coefficient (Wildman–Crippen LogP) is 1.96. The molecular formula is C15H19N5O3. The number of hydrogen-bond acceptors (Lipinski definition) is 6. The van der Waals surface area contributed by atoms with E-state index in [1.165, 1.54) is 0 Å². The van der Waals surface area contributed by atoms with Crippen LogP contribution in [0.4, 0.5) is 17.3 Å². The molecular weight excluding hydrogens is 298 g/mol. The molecule has 0 unspecified atom stereocenters. The molecule has 1 aliphatic rings. The van der Waals surface area contributed by atoms with Crippen LogP contribution in [0.1, 0.15) is 5.82 Å². The Hall–Kier alpha value is -2.77. The standard InChI is InChI=1S/C15H19N5O3/c1-11-16-14(15(17-11)20(21)22)19-9-7-18(8-10-19)12-3-5-13(23-2)6-4-12/h3-6H,7-10H2,1-2H3,(H,16,17). The molecule has 1 N–H and O–H groups in total. The van der Waals surface area contributed by atoms with E-state index >= 15 is 0 Å². The van der Waals surface area contributed by atoms with Gasteiger partial charge in [-0.25, -0.2) is 4.98 Å². The van der Waals surface area contributed by atoms with Gasteiger partial charge >= 0.3 is 5.82 Å². The van der Waals surface area contributed by atoms with Crippen molar-refractivity contribution in [3.8, 4) is 5.75 Å². The summed E-state index contributed by atoms with van der Waals surface area (Å²) >= 11 is 0. The summed E-state index contributed by atoms with van der Waals surface area (Å²) in [6.07, 6.45) is 0. The molecule has 0 amide bonds. The zero-order valence-electron chi connectivity index (χ0n) is 13.2. The van der Waals surface area contributed by atoms with Gasteiger partial charge in [0.25, 0.3) is 0 Å². The van der Waals surface area contributed by atoms with Crippen LogP contribution < -0.4 is 14.5 Å². The summed E-state index contributed by atoms with van der Waals surface area (Å²) in [7, 11) is 1.65. The fraction of sp³-hybridized carbons (Fsp3) is 0.400. The molecule has 0 spiro atoms. The Kier molecular flexibility index (Phi) is 4.05. The van der Waals surface area contributed by atoms with Crippen molar-refractivity contribution in [3.05, 3.63) is 40.2 Å².